The van der Waals surface area contributed by atoms with Crippen LogP contribution < -0.4 is 4.74 Å². The molecule has 0 fully saturated rings. The summed E-state index contributed by atoms with van der Waals surface area (Å²) in [6, 6.07) is 7.71. The number of methoxy groups -OCH3 is 2. The van der Waals surface area contributed by atoms with Gasteiger partial charge in [-0.3, -0.25) is 4.79 Å². The van der Waals surface area contributed by atoms with Crippen molar-refractivity contribution in [2.45, 2.75) is 0 Å². The van der Waals surface area contributed by atoms with E-state index in [1.165, 1.54) is 32.4 Å². The molecule has 2 N–H and O–H groups in total. The minimum Gasteiger partial charge on any atom is -0.504 e. The van der Waals surface area contributed by atoms with E-state index in [1.54, 1.807) is 12.1 Å². The Bertz CT molecular complexity index is 718. The van der Waals surface area contributed by atoms with Crippen LogP contribution in [0.1, 0.15) is 20.7 Å². The van der Waals surface area contributed by atoms with Crippen LogP contribution in [-0.2, 0) is 4.74 Å². The van der Waals surface area contributed by atoms with Gasteiger partial charge in [-0.25, -0.2) is 4.79 Å². The number of esters is 1. The molecule has 0 saturated heterocycles. The van der Waals surface area contributed by atoms with Crippen molar-refractivity contribution >= 4 is 12.3 Å². The Labute approximate surface area is 126 Å². The lowest BCUT2D eigenvalue weighted by Crippen LogP contribution is -2.00. The number of carbonyl (C=O) groups excluding carboxylic acids is 2. The molecule has 114 valence electrons. The molecule has 0 aliphatic carbocycles. The van der Waals surface area contributed by atoms with Gasteiger partial charge in [0.05, 0.1) is 25.3 Å². The van der Waals surface area contributed by atoms with Gasteiger partial charge in [-0.2, -0.15) is 0 Å². The molecule has 22 heavy (non-hydrogen) atoms. The van der Waals surface area contributed by atoms with Crippen LogP contribution in [0.5, 0.6) is 17.2 Å². The van der Waals surface area contributed by atoms with Crippen LogP contribution in [0.25, 0.3) is 11.1 Å². The second kappa shape index (κ2) is 6.17. The Kier molecular flexibility index (Phi) is 4.31. The highest BCUT2D eigenvalue weighted by atomic mass is 16.5. The third kappa shape index (κ3) is 2.58. The molecule has 0 atom stereocenters. The minimum atomic E-state index is -0.554. The first-order valence-corrected chi connectivity index (χ1v) is 6.30. The van der Waals surface area contributed by atoms with Crippen molar-refractivity contribution in [1.82, 2.24) is 0 Å². The monoisotopic (exact) mass is 302 g/mol. The molecule has 0 aromatic heterocycles. The zero-order chi connectivity index (χ0) is 16.3. The highest BCUT2D eigenvalue weighted by molar-refractivity contribution is 5.94. The SMILES string of the molecule is COC(=O)c1ccc(-c2cc(OC)c(O)c(O)c2C=O)cc1. The molecule has 0 radical (unpaired) electrons. The predicted molar refractivity (Wildman–Crippen MR) is 78.5 cm³/mol. The van der Waals surface area contributed by atoms with Crippen molar-refractivity contribution in [3.8, 4) is 28.4 Å². The summed E-state index contributed by atoms with van der Waals surface area (Å²) in [5.74, 6) is -1.50. The van der Waals surface area contributed by atoms with Gasteiger partial charge in [-0.05, 0) is 29.3 Å². The van der Waals surface area contributed by atoms with Gasteiger partial charge < -0.3 is 19.7 Å². The molecule has 0 heterocycles. The summed E-state index contributed by atoms with van der Waals surface area (Å²) in [4.78, 5) is 22.6. The normalized spacial score (nSPS) is 10.1. The second-order valence-electron chi connectivity index (χ2n) is 4.42. The van der Waals surface area contributed by atoms with E-state index in [0.29, 0.717) is 23.0 Å². The third-order valence-corrected chi connectivity index (χ3v) is 3.23. The number of carbonyl (C=O) groups is 2. The zero-order valence-corrected chi connectivity index (χ0v) is 12.0. The maximum atomic E-state index is 11.4. The number of phenols is 2. The molecule has 0 amide bonds. The highest BCUT2D eigenvalue weighted by Gasteiger charge is 2.18. The molecule has 2 aromatic rings. The summed E-state index contributed by atoms with van der Waals surface area (Å²) in [7, 11) is 2.61. The molecule has 0 unspecified atom stereocenters. The van der Waals surface area contributed by atoms with E-state index in [9.17, 15) is 19.8 Å². The van der Waals surface area contributed by atoms with Crippen molar-refractivity contribution in [3.63, 3.8) is 0 Å². The minimum absolute atomic E-state index is 0.0372. The van der Waals surface area contributed by atoms with E-state index >= 15 is 0 Å². The first-order valence-electron chi connectivity index (χ1n) is 6.30. The fourth-order valence-electron chi connectivity index (χ4n) is 2.07. The van der Waals surface area contributed by atoms with E-state index in [0.717, 1.165) is 0 Å². The number of rotatable bonds is 4. The molecule has 2 aromatic carbocycles. The van der Waals surface area contributed by atoms with E-state index in [4.69, 9.17) is 4.74 Å². The molecule has 0 saturated carbocycles. The lowest BCUT2D eigenvalue weighted by Gasteiger charge is -2.12. The van der Waals surface area contributed by atoms with Crippen molar-refractivity contribution < 1.29 is 29.3 Å². The van der Waals surface area contributed by atoms with Crippen molar-refractivity contribution in [2.75, 3.05) is 14.2 Å². The lowest BCUT2D eigenvalue weighted by atomic mass is 9.97. The van der Waals surface area contributed by atoms with Gasteiger partial charge in [0.1, 0.15) is 0 Å². The van der Waals surface area contributed by atoms with Gasteiger partial charge in [0.25, 0.3) is 0 Å². The second-order valence-corrected chi connectivity index (χ2v) is 4.42. The molecule has 6 nitrogen and oxygen atoms in total. The molecule has 0 aliphatic rings. The van der Waals surface area contributed by atoms with Gasteiger partial charge in [-0.15, -0.1) is 0 Å². The Hall–Kier alpha value is -3.02. The van der Waals surface area contributed by atoms with Crippen molar-refractivity contribution in [1.29, 1.82) is 0 Å². The number of hydrogen-bond donors (Lipinski definition) is 2. The van der Waals surface area contributed by atoms with Crippen LogP contribution in [0.15, 0.2) is 30.3 Å². The molecular weight excluding hydrogens is 288 g/mol. The molecular formula is C16H14O6. The fraction of sp³-hybridized carbons (Fsp3) is 0.125. The van der Waals surface area contributed by atoms with E-state index in [-0.39, 0.29) is 11.3 Å². The largest absolute Gasteiger partial charge is 0.504 e. The van der Waals surface area contributed by atoms with Crippen LogP contribution in [-0.4, -0.2) is 36.7 Å². The van der Waals surface area contributed by atoms with E-state index in [2.05, 4.69) is 4.74 Å². The van der Waals surface area contributed by atoms with Crippen LogP contribution in [0, 0.1) is 0 Å². The summed E-state index contributed by atoms with van der Waals surface area (Å²) < 4.78 is 9.58. The first-order chi connectivity index (χ1) is 10.5. The zero-order valence-electron chi connectivity index (χ0n) is 12.0. The molecule has 6 heteroatoms. The Morgan fingerprint density at radius 1 is 1.09 bits per heavy atom. The van der Waals surface area contributed by atoms with Gasteiger partial charge in [0.15, 0.2) is 17.8 Å². The van der Waals surface area contributed by atoms with Crippen molar-refractivity contribution in [3.05, 3.63) is 41.5 Å². The first kappa shape index (κ1) is 15.4. The van der Waals surface area contributed by atoms with Gasteiger partial charge in [0.2, 0.25) is 5.75 Å². The third-order valence-electron chi connectivity index (χ3n) is 3.23. The summed E-state index contributed by atoms with van der Waals surface area (Å²) in [6.07, 6.45) is 0.443. The van der Waals surface area contributed by atoms with E-state index in [1.807, 2.05) is 0 Å². The molecule has 0 spiro atoms. The highest BCUT2D eigenvalue weighted by Crippen LogP contribution is 2.43. The van der Waals surface area contributed by atoms with Crippen LogP contribution >= 0.6 is 0 Å². The maximum absolute atomic E-state index is 11.4. The topological polar surface area (TPSA) is 93.1 Å². The van der Waals surface area contributed by atoms with Gasteiger partial charge >= 0.3 is 5.97 Å². The van der Waals surface area contributed by atoms with Crippen LogP contribution in [0.4, 0.5) is 0 Å². The number of ether oxygens (including phenoxy) is 2. The number of aldehydes is 1. The average molecular weight is 302 g/mol. The summed E-state index contributed by atoms with van der Waals surface area (Å²) in [6.45, 7) is 0. The fourth-order valence-corrected chi connectivity index (χ4v) is 2.07. The Morgan fingerprint density at radius 2 is 1.73 bits per heavy atom. The molecule has 0 aliphatic heterocycles. The van der Waals surface area contributed by atoms with Crippen LogP contribution in [0.2, 0.25) is 0 Å². The van der Waals surface area contributed by atoms with Gasteiger partial charge in [0, 0.05) is 0 Å². The number of benzene rings is 2. The quantitative estimate of drug-likeness (QED) is 0.511. The number of aromatic hydroxyl groups is 2. The molecule has 0 bridgehead atoms. The maximum Gasteiger partial charge on any atom is 0.337 e. The van der Waals surface area contributed by atoms with Crippen LogP contribution in [0.3, 0.4) is 0 Å². The lowest BCUT2D eigenvalue weighted by molar-refractivity contribution is 0.0600. The number of phenolic OH excluding ortho intramolecular Hbond substituents is 2. The standard InChI is InChI=1S/C16H14O6/c1-21-13-7-11(12(8-17)14(18)15(13)19)9-3-5-10(6-4-9)16(20)22-2/h3-8,18-19H,1-2H3. The number of hydrogen-bond acceptors (Lipinski definition) is 6. The van der Waals surface area contributed by atoms with E-state index < -0.39 is 17.5 Å². The summed E-state index contributed by atoms with van der Waals surface area (Å²) in [5, 5.41) is 19.6. The molecule has 2 rings (SSSR count). The smallest absolute Gasteiger partial charge is 0.337 e. The predicted octanol–water partition coefficient (Wildman–Crippen LogP) is 2.37. The summed E-state index contributed by atoms with van der Waals surface area (Å²) in [5.41, 5.74) is 1.24. The summed E-state index contributed by atoms with van der Waals surface area (Å²) >= 11 is 0. The Morgan fingerprint density at radius 3 is 2.23 bits per heavy atom. The Balaban J connectivity index is 2.59. The van der Waals surface area contributed by atoms with Gasteiger partial charge in [-0.1, -0.05) is 12.1 Å². The average Bonchev–Trinajstić information content (AvgIpc) is 2.56. The van der Waals surface area contributed by atoms with Crippen molar-refractivity contribution in [2.24, 2.45) is 0 Å².